The van der Waals surface area contributed by atoms with Crippen LogP contribution in [0.5, 0.6) is 5.75 Å². The molecule has 1 saturated heterocycles. The summed E-state index contributed by atoms with van der Waals surface area (Å²) < 4.78 is 28.4. The van der Waals surface area contributed by atoms with E-state index in [0.717, 1.165) is 24.3 Å². The third kappa shape index (κ3) is 2.12. The molecule has 2 aliphatic rings. The fraction of sp³-hybridized carbons (Fsp3) is 0.538. The monoisotopic (exact) mass is 267 g/mol. The molecule has 1 aromatic carbocycles. The Bertz CT molecular complexity index is 568. The van der Waals surface area contributed by atoms with Crippen LogP contribution in [0.4, 0.5) is 0 Å². The van der Waals surface area contributed by atoms with Crippen LogP contribution in [0.1, 0.15) is 23.6 Å². The van der Waals surface area contributed by atoms with Crippen LogP contribution in [0, 0.1) is 5.92 Å². The fourth-order valence-corrected chi connectivity index (χ4v) is 4.65. The third-order valence-electron chi connectivity index (χ3n) is 3.87. The Hall–Kier alpha value is -1.07. The average Bonchev–Trinajstić information content (AvgIpc) is 2.93. The molecule has 98 valence electrons. The lowest BCUT2D eigenvalue weighted by atomic mass is 9.92. The summed E-state index contributed by atoms with van der Waals surface area (Å²) in [7, 11) is -2.86. The zero-order chi connectivity index (χ0) is 12.8. The predicted molar refractivity (Wildman–Crippen MR) is 69.3 cm³/mol. The molecule has 0 aromatic heterocycles. The van der Waals surface area contributed by atoms with Gasteiger partial charge >= 0.3 is 0 Å². The zero-order valence-electron chi connectivity index (χ0n) is 10.1. The van der Waals surface area contributed by atoms with E-state index in [9.17, 15) is 8.42 Å². The van der Waals surface area contributed by atoms with E-state index in [-0.39, 0.29) is 23.5 Å². The minimum atomic E-state index is -2.86. The highest BCUT2D eigenvalue weighted by Crippen LogP contribution is 2.33. The third-order valence-corrected chi connectivity index (χ3v) is 5.67. The molecule has 5 heteroatoms. The van der Waals surface area contributed by atoms with Gasteiger partial charge in [-0.2, -0.15) is 0 Å². The fourth-order valence-electron chi connectivity index (χ4n) is 2.79. The van der Waals surface area contributed by atoms with E-state index in [4.69, 9.17) is 10.5 Å². The van der Waals surface area contributed by atoms with E-state index in [1.165, 1.54) is 5.56 Å². The molecule has 18 heavy (non-hydrogen) atoms. The van der Waals surface area contributed by atoms with Crippen molar-refractivity contribution in [3.8, 4) is 5.75 Å². The number of rotatable bonds is 2. The molecule has 0 radical (unpaired) electrons. The standard InChI is InChI=1S/C13H17NO3S/c14-13(11-4-6-18(15,16)8-11)10-1-2-12-9(7-10)3-5-17-12/h1-2,7,11,13H,3-6,8,14H2. The molecule has 0 saturated carbocycles. The van der Waals surface area contributed by atoms with Crippen LogP contribution in [0.15, 0.2) is 18.2 Å². The van der Waals surface area contributed by atoms with Crippen LogP contribution in [0.25, 0.3) is 0 Å². The Morgan fingerprint density at radius 1 is 1.39 bits per heavy atom. The SMILES string of the molecule is NC(c1ccc2c(c1)CCO2)C1CCS(=O)(=O)C1. The molecule has 0 bridgehead atoms. The van der Waals surface area contributed by atoms with Gasteiger partial charge in [0.15, 0.2) is 9.84 Å². The van der Waals surface area contributed by atoms with E-state index in [1.54, 1.807) is 0 Å². The first-order valence-corrected chi connectivity index (χ1v) is 8.09. The first kappa shape index (κ1) is 12.0. The van der Waals surface area contributed by atoms with Crippen molar-refractivity contribution in [2.24, 2.45) is 11.7 Å². The first-order valence-electron chi connectivity index (χ1n) is 6.27. The molecule has 2 heterocycles. The molecule has 1 aromatic rings. The van der Waals surface area contributed by atoms with Gasteiger partial charge in [-0.15, -0.1) is 0 Å². The Kier molecular flexibility index (Phi) is 2.83. The zero-order valence-corrected chi connectivity index (χ0v) is 10.9. The number of hydrogen-bond donors (Lipinski definition) is 1. The van der Waals surface area contributed by atoms with Crippen molar-refractivity contribution < 1.29 is 13.2 Å². The van der Waals surface area contributed by atoms with Gasteiger partial charge in [-0.25, -0.2) is 8.42 Å². The number of fused-ring (bicyclic) bond motifs is 1. The summed E-state index contributed by atoms with van der Waals surface area (Å²) in [6.45, 7) is 0.728. The summed E-state index contributed by atoms with van der Waals surface area (Å²) in [6.07, 6.45) is 1.59. The van der Waals surface area contributed by atoms with Crippen LogP contribution < -0.4 is 10.5 Å². The molecule has 2 atom stereocenters. The van der Waals surface area contributed by atoms with Crippen molar-refractivity contribution in [1.29, 1.82) is 0 Å². The van der Waals surface area contributed by atoms with E-state index >= 15 is 0 Å². The molecule has 0 aliphatic carbocycles. The smallest absolute Gasteiger partial charge is 0.150 e. The van der Waals surface area contributed by atoms with Gasteiger partial charge < -0.3 is 10.5 Å². The van der Waals surface area contributed by atoms with Crippen molar-refractivity contribution in [2.75, 3.05) is 18.1 Å². The quantitative estimate of drug-likeness (QED) is 0.869. The number of hydrogen-bond acceptors (Lipinski definition) is 4. The normalized spacial score (nSPS) is 26.6. The summed E-state index contributed by atoms with van der Waals surface area (Å²) in [5, 5.41) is 0. The largest absolute Gasteiger partial charge is 0.493 e. The van der Waals surface area contributed by atoms with Crippen molar-refractivity contribution in [3.63, 3.8) is 0 Å². The minimum Gasteiger partial charge on any atom is -0.493 e. The van der Waals surface area contributed by atoms with Gasteiger partial charge in [-0.05, 0) is 29.5 Å². The average molecular weight is 267 g/mol. The second-order valence-corrected chi connectivity index (χ2v) is 7.38. The van der Waals surface area contributed by atoms with Gasteiger partial charge in [0.05, 0.1) is 18.1 Å². The highest BCUT2D eigenvalue weighted by Gasteiger charge is 2.33. The van der Waals surface area contributed by atoms with E-state index in [1.807, 2.05) is 12.1 Å². The van der Waals surface area contributed by atoms with Gasteiger partial charge in [0, 0.05) is 12.5 Å². The summed E-state index contributed by atoms with van der Waals surface area (Å²) in [5.74, 6) is 1.49. The maximum Gasteiger partial charge on any atom is 0.150 e. The van der Waals surface area contributed by atoms with E-state index in [2.05, 4.69) is 6.07 Å². The molecule has 0 spiro atoms. The lowest BCUT2D eigenvalue weighted by Crippen LogP contribution is -2.22. The predicted octanol–water partition coefficient (Wildman–Crippen LogP) is 1.06. The van der Waals surface area contributed by atoms with Crippen LogP contribution in [-0.2, 0) is 16.3 Å². The highest BCUT2D eigenvalue weighted by atomic mass is 32.2. The molecule has 0 amide bonds. The molecule has 1 fully saturated rings. The summed E-state index contributed by atoms with van der Waals surface area (Å²) >= 11 is 0. The second-order valence-electron chi connectivity index (χ2n) is 5.15. The maximum absolute atomic E-state index is 11.5. The summed E-state index contributed by atoms with van der Waals surface area (Å²) in [5.41, 5.74) is 8.42. The molecule has 2 unspecified atom stereocenters. The van der Waals surface area contributed by atoms with Gasteiger partial charge in [-0.1, -0.05) is 12.1 Å². The highest BCUT2D eigenvalue weighted by molar-refractivity contribution is 7.91. The van der Waals surface area contributed by atoms with E-state index in [0.29, 0.717) is 6.42 Å². The Balaban J connectivity index is 1.83. The molecular weight excluding hydrogens is 250 g/mol. The molecule has 4 nitrogen and oxygen atoms in total. The van der Waals surface area contributed by atoms with Crippen molar-refractivity contribution in [1.82, 2.24) is 0 Å². The van der Waals surface area contributed by atoms with Crippen LogP contribution in [0.3, 0.4) is 0 Å². The molecular formula is C13H17NO3S. The lowest BCUT2D eigenvalue weighted by molar-refractivity contribution is 0.356. The first-order chi connectivity index (χ1) is 8.55. The van der Waals surface area contributed by atoms with Gasteiger partial charge in [0.1, 0.15) is 5.75 Å². The van der Waals surface area contributed by atoms with Crippen LogP contribution in [-0.4, -0.2) is 26.5 Å². The lowest BCUT2D eigenvalue weighted by Gasteiger charge is -2.18. The number of benzene rings is 1. The maximum atomic E-state index is 11.5. The topological polar surface area (TPSA) is 69.4 Å². The van der Waals surface area contributed by atoms with Crippen molar-refractivity contribution >= 4 is 9.84 Å². The van der Waals surface area contributed by atoms with Gasteiger partial charge in [-0.3, -0.25) is 0 Å². The van der Waals surface area contributed by atoms with Crippen LogP contribution >= 0.6 is 0 Å². The second kappa shape index (κ2) is 4.24. The summed E-state index contributed by atoms with van der Waals surface area (Å²) in [4.78, 5) is 0. The Morgan fingerprint density at radius 3 is 2.94 bits per heavy atom. The molecule has 2 aliphatic heterocycles. The number of ether oxygens (including phenoxy) is 1. The van der Waals surface area contributed by atoms with Crippen molar-refractivity contribution in [3.05, 3.63) is 29.3 Å². The van der Waals surface area contributed by atoms with E-state index < -0.39 is 9.84 Å². The molecule has 3 rings (SSSR count). The van der Waals surface area contributed by atoms with Gasteiger partial charge in [0.25, 0.3) is 0 Å². The number of sulfone groups is 1. The van der Waals surface area contributed by atoms with Crippen molar-refractivity contribution in [2.45, 2.75) is 18.9 Å². The van der Waals surface area contributed by atoms with Crippen LogP contribution in [0.2, 0.25) is 0 Å². The Labute approximate surface area is 107 Å². The molecule has 2 N–H and O–H groups in total. The Morgan fingerprint density at radius 2 is 2.22 bits per heavy atom. The number of nitrogens with two attached hydrogens (primary N) is 1. The minimum absolute atomic E-state index is 0.0513. The summed E-state index contributed by atoms with van der Waals surface area (Å²) in [6, 6.07) is 5.78. The van der Waals surface area contributed by atoms with Gasteiger partial charge in [0.2, 0.25) is 0 Å².